The summed E-state index contributed by atoms with van der Waals surface area (Å²) in [6, 6.07) is 1.80. The highest BCUT2D eigenvalue weighted by Crippen LogP contribution is 2.25. The Labute approximate surface area is 131 Å². The monoisotopic (exact) mass is 320 g/mol. The zero-order chi connectivity index (χ0) is 15.7. The van der Waals surface area contributed by atoms with E-state index in [0.717, 1.165) is 18.8 Å². The third kappa shape index (κ3) is 3.15. The van der Waals surface area contributed by atoms with Crippen molar-refractivity contribution in [1.82, 2.24) is 15.0 Å². The molecule has 0 aliphatic carbocycles. The summed E-state index contributed by atoms with van der Waals surface area (Å²) in [4.78, 5) is 26.3. The van der Waals surface area contributed by atoms with Crippen LogP contribution in [0.5, 0.6) is 0 Å². The van der Waals surface area contributed by atoms with E-state index < -0.39 is 5.91 Å². The smallest absolute Gasteiger partial charge is 0.260 e. The molecule has 0 saturated carbocycles. The van der Waals surface area contributed by atoms with Crippen molar-refractivity contribution in [3.8, 4) is 0 Å². The second-order valence-corrected chi connectivity index (χ2v) is 6.10. The van der Waals surface area contributed by atoms with Gasteiger partial charge in [0.1, 0.15) is 22.3 Å². The summed E-state index contributed by atoms with van der Waals surface area (Å²) >= 11 is 1.17. The Hall–Kier alpha value is -2.26. The number of anilines is 3. The van der Waals surface area contributed by atoms with E-state index in [1.165, 1.54) is 17.5 Å². The van der Waals surface area contributed by atoms with Gasteiger partial charge in [-0.1, -0.05) is 11.3 Å². The van der Waals surface area contributed by atoms with Gasteiger partial charge in [-0.05, 0) is 13.3 Å². The van der Waals surface area contributed by atoms with E-state index in [1.807, 2.05) is 4.90 Å². The number of nitrogens with two attached hydrogens (primary N) is 1. The van der Waals surface area contributed by atoms with Crippen molar-refractivity contribution in [2.45, 2.75) is 19.4 Å². The summed E-state index contributed by atoms with van der Waals surface area (Å²) in [6.07, 6.45) is 1.85. The first-order chi connectivity index (χ1) is 10.5. The van der Waals surface area contributed by atoms with Crippen LogP contribution in [0, 0.1) is 6.92 Å². The Bertz CT molecular complexity index is 704. The van der Waals surface area contributed by atoms with Crippen molar-refractivity contribution >= 4 is 34.0 Å². The summed E-state index contributed by atoms with van der Waals surface area (Å²) in [6.45, 7) is 3.14. The number of carbonyl (C=O) groups excluding carboxylic acids is 1. The van der Waals surface area contributed by atoms with Crippen molar-refractivity contribution in [2.24, 2.45) is 5.73 Å². The second-order valence-electron chi connectivity index (χ2n) is 5.07. The van der Waals surface area contributed by atoms with Crippen LogP contribution in [-0.4, -0.2) is 45.2 Å². The van der Waals surface area contributed by atoms with Gasteiger partial charge in [0.2, 0.25) is 0 Å². The normalized spacial score (nSPS) is 17.7. The van der Waals surface area contributed by atoms with Gasteiger partial charge in [0, 0.05) is 19.2 Å². The first-order valence-corrected chi connectivity index (χ1v) is 7.64. The molecule has 9 heteroatoms. The highest BCUT2D eigenvalue weighted by Gasteiger charge is 2.22. The number of nitrogens with one attached hydrogen (secondary N) is 1. The number of β-amino-alcohol motifs (C(OH)–C–C–N with tert-alkyl or cyclic N) is 1. The number of rotatable bonds is 4. The maximum Gasteiger partial charge on any atom is 0.260 e. The Kier molecular flexibility index (Phi) is 3.90. The third-order valence-corrected chi connectivity index (χ3v) is 4.22. The molecule has 1 aliphatic heterocycles. The fourth-order valence-corrected chi connectivity index (χ4v) is 2.96. The molecule has 4 N–H and O–H groups in total. The fourth-order valence-electron chi connectivity index (χ4n) is 2.28. The van der Waals surface area contributed by atoms with E-state index in [-0.39, 0.29) is 6.10 Å². The molecule has 2 aromatic rings. The molecule has 8 nitrogen and oxygen atoms in total. The minimum Gasteiger partial charge on any atom is -0.391 e. The van der Waals surface area contributed by atoms with E-state index in [4.69, 9.17) is 5.73 Å². The maximum absolute atomic E-state index is 11.1. The predicted octanol–water partition coefficient (Wildman–Crippen LogP) is 0.655. The van der Waals surface area contributed by atoms with Crippen LogP contribution in [0.25, 0.3) is 0 Å². The quantitative estimate of drug-likeness (QED) is 0.757. The summed E-state index contributed by atoms with van der Waals surface area (Å²) in [5.74, 6) is 1.47. The molecule has 2 aromatic heterocycles. The van der Waals surface area contributed by atoms with Crippen LogP contribution in [-0.2, 0) is 0 Å². The first kappa shape index (κ1) is 14.7. The maximum atomic E-state index is 11.1. The van der Waals surface area contributed by atoms with Crippen molar-refractivity contribution < 1.29 is 9.90 Å². The molecular weight excluding hydrogens is 304 g/mol. The minimum atomic E-state index is -0.504. The lowest BCUT2D eigenvalue weighted by Gasteiger charge is -2.17. The average molecular weight is 320 g/mol. The van der Waals surface area contributed by atoms with Crippen molar-refractivity contribution in [3.63, 3.8) is 0 Å². The topological polar surface area (TPSA) is 117 Å². The van der Waals surface area contributed by atoms with Gasteiger partial charge >= 0.3 is 0 Å². The molecule has 3 rings (SSSR count). The highest BCUT2D eigenvalue weighted by molar-refractivity contribution is 7.17. The number of nitrogens with zero attached hydrogens (tertiary/aromatic N) is 4. The second kappa shape index (κ2) is 5.85. The van der Waals surface area contributed by atoms with Gasteiger partial charge in [0.05, 0.1) is 12.3 Å². The number of carbonyl (C=O) groups is 1. The SMILES string of the molecule is Cc1nc(Nc2ncc(C(N)=O)s2)cc(N2CC[C@@H](O)C2)n1. The van der Waals surface area contributed by atoms with E-state index in [0.29, 0.717) is 28.2 Å². The van der Waals surface area contributed by atoms with Gasteiger partial charge in [0.25, 0.3) is 5.91 Å². The molecule has 0 aromatic carbocycles. The predicted molar refractivity (Wildman–Crippen MR) is 83.5 cm³/mol. The molecule has 0 spiro atoms. The zero-order valence-corrected chi connectivity index (χ0v) is 12.8. The van der Waals surface area contributed by atoms with E-state index in [2.05, 4.69) is 20.3 Å². The number of primary amides is 1. The number of aliphatic hydroxyl groups is 1. The van der Waals surface area contributed by atoms with E-state index in [9.17, 15) is 9.90 Å². The van der Waals surface area contributed by atoms with Gasteiger partial charge in [0.15, 0.2) is 5.13 Å². The molecule has 22 heavy (non-hydrogen) atoms. The number of aromatic nitrogens is 3. The molecule has 3 heterocycles. The van der Waals surface area contributed by atoms with Crippen LogP contribution in [0.15, 0.2) is 12.3 Å². The Morgan fingerprint density at radius 2 is 2.36 bits per heavy atom. The van der Waals surface area contributed by atoms with E-state index in [1.54, 1.807) is 13.0 Å². The number of aryl methyl sites for hydroxylation is 1. The Morgan fingerprint density at radius 3 is 3.00 bits per heavy atom. The van der Waals surface area contributed by atoms with Gasteiger partial charge in [-0.3, -0.25) is 4.79 Å². The van der Waals surface area contributed by atoms with Gasteiger partial charge < -0.3 is 21.1 Å². The molecule has 1 saturated heterocycles. The van der Waals surface area contributed by atoms with Crippen molar-refractivity contribution in [1.29, 1.82) is 0 Å². The van der Waals surface area contributed by atoms with Gasteiger partial charge in [-0.25, -0.2) is 15.0 Å². The summed E-state index contributed by atoms with van der Waals surface area (Å²) < 4.78 is 0. The molecule has 116 valence electrons. The van der Waals surface area contributed by atoms with Crippen LogP contribution >= 0.6 is 11.3 Å². The number of hydrogen-bond acceptors (Lipinski definition) is 8. The van der Waals surface area contributed by atoms with Crippen molar-refractivity contribution in [2.75, 3.05) is 23.3 Å². The lowest BCUT2D eigenvalue weighted by Crippen LogP contribution is -2.22. The Balaban J connectivity index is 1.81. The zero-order valence-electron chi connectivity index (χ0n) is 12.0. The highest BCUT2D eigenvalue weighted by atomic mass is 32.1. The largest absolute Gasteiger partial charge is 0.391 e. The molecule has 0 bridgehead atoms. The third-order valence-electron chi connectivity index (χ3n) is 3.30. The number of hydrogen-bond donors (Lipinski definition) is 3. The lowest BCUT2D eigenvalue weighted by molar-refractivity contribution is 0.100. The average Bonchev–Trinajstić information content (AvgIpc) is 3.07. The molecule has 0 radical (unpaired) electrons. The van der Waals surface area contributed by atoms with Crippen LogP contribution in [0.1, 0.15) is 21.9 Å². The van der Waals surface area contributed by atoms with Crippen LogP contribution in [0.3, 0.4) is 0 Å². The van der Waals surface area contributed by atoms with Gasteiger partial charge in [-0.15, -0.1) is 0 Å². The number of aliphatic hydroxyl groups excluding tert-OH is 1. The van der Waals surface area contributed by atoms with E-state index >= 15 is 0 Å². The number of amides is 1. The fraction of sp³-hybridized carbons (Fsp3) is 0.385. The first-order valence-electron chi connectivity index (χ1n) is 6.82. The molecule has 1 atom stereocenters. The van der Waals surface area contributed by atoms with Gasteiger partial charge in [-0.2, -0.15) is 0 Å². The van der Waals surface area contributed by atoms with Crippen molar-refractivity contribution in [3.05, 3.63) is 23.0 Å². The summed E-state index contributed by atoms with van der Waals surface area (Å²) in [5.41, 5.74) is 5.21. The lowest BCUT2D eigenvalue weighted by atomic mass is 10.3. The number of thiazole rings is 1. The molecule has 1 amide bonds. The summed E-state index contributed by atoms with van der Waals surface area (Å²) in [5, 5.41) is 13.2. The Morgan fingerprint density at radius 1 is 1.55 bits per heavy atom. The molecule has 1 aliphatic rings. The summed E-state index contributed by atoms with van der Waals surface area (Å²) in [7, 11) is 0. The van der Waals surface area contributed by atoms with Crippen LogP contribution in [0.2, 0.25) is 0 Å². The standard InChI is InChI=1S/C13H16N6O2S/c1-7-16-10(18-13-15-5-9(22-13)12(14)21)4-11(17-7)19-3-2-8(20)6-19/h4-5,8,20H,2-3,6H2,1H3,(H2,14,21)(H,15,16,17,18)/t8-/m1/s1. The minimum absolute atomic E-state index is 0.316. The molecule has 1 fully saturated rings. The van der Waals surface area contributed by atoms with Crippen LogP contribution < -0.4 is 16.0 Å². The molecular formula is C13H16N6O2S. The van der Waals surface area contributed by atoms with Crippen LogP contribution in [0.4, 0.5) is 16.8 Å². The molecule has 0 unspecified atom stereocenters.